The van der Waals surface area contributed by atoms with Gasteiger partial charge in [-0.2, -0.15) is 0 Å². The van der Waals surface area contributed by atoms with E-state index >= 15 is 0 Å². The second-order valence-corrected chi connectivity index (χ2v) is 7.70. The van der Waals surface area contributed by atoms with E-state index in [4.69, 9.17) is 0 Å². The van der Waals surface area contributed by atoms with Crippen molar-refractivity contribution in [2.75, 3.05) is 12.3 Å². The molecule has 7 heteroatoms. The maximum atomic E-state index is 3.99. The van der Waals surface area contributed by atoms with Crippen LogP contribution in [0.4, 0.5) is 0 Å². The van der Waals surface area contributed by atoms with Gasteiger partial charge in [-0.05, 0) is 44.0 Å². The predicted octanol–water partition coefficient (Wildman–Crippen LogP) is 4.65. The largest absolute Gasteiger partial charge is 0.312 e. The van der Waals surface area contributed by atoms with Gasteiger partial charge in [-0.15, -0.1) is 11.8 Å². The van der Waals surface area contributed by atoms with Crippen LogP contribution in [-0.2, 0) is 6.54 Å². The molecule has 2 aromatic rings. The fourth-order valence-electron chi connectivity index (χ4n) is 1.55. The van der Waals surface area contributed by atoms with Crippen LogP contribution >= 0.6 is 59.6 Å². The molecule has 1 aromatic heterocycles. The molecule has 106 valence electrons. The molecule has 0 saturated heterocycles. The van der Waals surface area contributed by atoms with Crippen molar-refractivity contribution in [1.82, 2.24) is 15.3 Å². The van der Waals surface area contributed by atoms with E-state index in [1.807, 2.05) is 24.2 Å². The smallest absolute Gasteiger partial charge is 0.115 e. The van der Waals surface area contributed by atoms with Crippen LogP contribution in [0.15, 0.2) is 49.2 Å². The Bertz CT molecular complexity index is 543. The van der Waals surface area contributed by atoms with Crippen LogP contribution in [0.3, 0.4) is 0 Å². The molecule has 2 rings (SSSR count). The zero-order chi connectivity index (χ0) is 14.4. The van der Waals surface area contributed by atoms with Gasteiger partial charge in [-0.25, -0.2) is 9.97 Å². The van der Waals surface area contributed by atoms with Gasteiger partial charge in [0.1, 0.15) is 6.33 Å². The summed E-state index contributed by atoms with van der Waals surface area (Å²) in [4.78, 5) is 9.20. The lowest BCUT2D eigenvalue weighted by molar-refractivity contribution is 0.726. The summed E-state index contributed by atoms with van der Waals surface area (Å²) in [5.74, 6) is 0.993. The molecule has 1 heterocycles. The summed E-state index contributed by atoms with van der Waals surface area (Å²) in [6.07, 6.45) is 5.20. The summed E-state index contributed by atoms with van der Waals surface area (Å²) in [7, 11) is 0. The van der Waals surface area contributed by atoms with Crippen molar-refractivity contribution in [2.24, 2.45) is 0 Å². The van der Waals surface area contributed by atoms with Crippen molar-refractivity contribution in [1.29, 1.82) is 0 Å². The summed E-state index contributed by atoms with van der Waals surface area (Å²) in [5, 5.41) is 3.38. The Hall–Kier alpha value is 0.0500. The minimum atomic E-state index is 0.796. The van der Waals surface area contributed by atoms with Crippen molar-refractivity contribution < 1.29 is 0 Å². The van der Waals surface area contributed by atoms with E-state index in [-0.39, 0.29) is 0 Å². The number of halogens is 3. The third-order valence-corrected chi connectivity index (χ3v) is 5.80. The molecule has 3 nitrogen and oxygen atoms in total. The summed E-state index contributed by atoms with van der Waals surface area (Å²) in [6.45, 7) is 1.72. The van der Waals surface area contributed by atoms with Gasteiger partial charge in [0, 0.05) is 55.1 Å². The fraction of sp³-hybridized carbons (Fsp3) is 0.231. The Labute approximate surface area is 147 Å². The molecule has 0 aliphatic rings. The SMILES string of the molecule is Brc1cc(Br)c(SCCNCc2cncnc2)c(Br)c1. The molecule has 0 bridgehead atoms. The van der Waals surface area contributed by atoms with Crippen LogP contribution in [0.5, 0.6) is 0 Å². The third kappa shape index (κ3) is 5.11. The highest BCUT2D eigenvalue weighted by Crippen LogP contribution is 2.36. The Kier molecular flexibility index (Phi) is 6.96. The van der Waals surface area contributed by atoms with Crippen molar-refractivity contribution in [2.45, 2.75) is 11.4 Å². The predicted molar refractivity (Wildman–Crippen MR) is 94.0 cm³/mol. The molecule has 0 fully saturated rings. The Morgan fingerprint density at radius 3 is 2.35 bits per heavy atom. The Balaban J connectivity index is 1.76. The molecule has 0 spiro atoms. The highest BCUT2D eigenvalue weighted by molar-refractivity contribution is 9.11. The number of nitrogens with one attached hydrogen (secondary N) is 1. The average Bonchev–Trinajstić information content (AvgIpc) is 2.42. The molecular weight excluding hydrogens is 470 g/mol. The quantitative estimate of drug-likeness (QED) is 0.481. The summed E-state index contributed by atoms with van der Waals surface area (Å²) < 4.78 is 3.25. The normalized spacial score (nSPS) is 10.8. The highest BCUT2D eigenvalue weighted by atomic mass is 79.9. The molecule has 0 aliphatic carbocycles. The lowest BCUT2D eigenvalue weighted by Gasteiger charge is -2.08. The van der Waals surface area contributed by atoms with Gasteiger partial charge in [-0.1, -0.05) is 15.9 Å². The van der Waals surface area contributed by atoms with Gasteiger partial charge in [-0.3, -0.25) is 0 Å². The van der Waals surface area contributed by atoms with E-state index in [2.05, 4.69) is 75.2 Å². The first-order chi connectivity index (χ1) is 9.66. The van der Waals surface area contributed by atoms with Crippen molar-refractivity contribution in [3.8, 4) is 0 Å². The standard InChI is InChI=1S/C13H12Br3N3S/c14-10-3-11(15)13(12(16)4-10)20-2-1-17-5-9-6-18-8-19-7-9/h3-4,6-8,17H,1-2,5H2. The van der Waals surface area contributed by atoms with Crippen molar-refractivity contribution in [3.05, 3.63) is 49.8 Å². The van der Waals surface area contributed by atoms with E-state index in [0.29, 0.717) is 0 Å². The first-order valence-corrected chi connectivity index (χ1v) is 9.25. The number of aromatic nitrogens is 2. The van der Waals surface area contributed by atoms with E-state index in [1.54, 1.807) is 6.33 Å². The number of benzene rings is 1. The van der Waals surface area contributed by atoms with E-state index in [0.717, 1.165) is 37.8 Å². The minimum absolute atomic E-state index is 0.796. The molecule has 1 N–H and O–H groups in total. The zero-order valence-corrected chi connectivity index (χ0v) is 16.0. The first-order valence-electron chi connectivity index (χ1n) is 5.89. The van der Waals surface area contributed by atoms with Crippen LogP contribution in [0, 0.1) is 0 Å². The van der Waals surface area contributed by atoms with Crippen LogP contribution < -0.4 is 5.32 Å². The summed E-state index contributed by atoms with van der Waals surface area (Å²) >= 11 is 12.5. The third-order valence-electron chi connectivity index (χ3n) is 2.43. The molecule has 0 radical (unpaired) electrons. The summed E-state index contributed by atoms with van der Waals surface area (Å²) in [5.41, 5.74) is 1.10. The number of nitrogens with zero attached hydrogens (tertiary/aromatic N) is 2. The lowest BCUT2D eigenvalue weighted by atomic mass is 10.3. The topological polar surface area (TPSA) is 37.8 Å². The highest BCUT2D eigenvalue weighted by Gasteiger charge is 2.07. The van der Waals surface area contributed by atoms with Gasteiger partial charge < -0.3 is 5.32 Å². The zero-order valence-electron chi connectivity index (χ0n) is 10.4. The molecule has 0 amide bonds. The minimum Gasteiger partial charge on any atom is -0.312 e. The number of rotatable bonds is 6. The lowest BCUT2D eigenvalue weighted by Crippen LogP contribution is -2.16. The first kappa shape index (κ1) is 16.4. The van der Waals surface area contributed by atoms with Gasteiger partial charge in [0.25, 0.3) is 0 Å². The molecule has 0 unspecified atom stereocenters. The van der Waals surface area contributed by atoms with E-state index in [1.165, 1.54) is 4.90 Å². The maximum absolute atomic E-state index is 3.99. The molecule has 20 heavy (non-hydrogen) atoms. The van der Waals surface area contributed by atoms with E-state index < -0.39 is 0 Å². The summed E-state index contributed by atoms with van der Waals surface area (Å²) in [6, 6.07) is 4.11. The van der Waals surface area contributed by atoms with Crippen LogP contribution in [0.1, 0.15) is 5.56 Å². The number of thioether (sulfide) groups is 1. The van der Waals surface area contributed by atoms with Gasteiger partial charge >= 0.3 is 0 Å². The van der Waals surface area contributed by atoms with Gasteiger partial charge in [0.15, 0.2) is 0 Å². The van der Waals surface area contributed by atoms with Crippen molar-refractivity contribution >= 4 is 59.6 Å². The second-order valence-electron chi connectivity index (χ2n) is 3.97. The second kappa shape index (κ2) is 8.48. The van der Waals surface area contributed by atoms with E-state index in [9.17, 15) is 0 Å². The molecule has 1 aromatic carbocycles. The molecular formula is C13H12Br3N3S. The fourth-order valence-corrected chi connectivity index (χ4v) is 5.34. The Morgan fingerprint density at radius 2 is 1.70 bits per heavy atom. The maximum Gasteiger partial charge on any atom is 0.115 e. The number of hydrogen-bond acceptors (Lipinski definition) is 4. The van der Waals surface area contributed by atoms with Crippen molar-refractivity contribution in [3.63, 3.8) is 0 Å². The average molecular weight is 482 g/mol. The van der Waals surface area contributed by atoms with Gasteiger partial charge in [0.2, 0.25) is 0 Å². The molecule has 0 atom stereocenters. The van der Waals surface area contributed by atoms with Crippen LogP contribution in [0.2, 0.25) is 0 Å². The molecule has 0 aliphatic heterocycles. The van der Waals surface area contributed by atoms with Gasteiger partial charge in [0.05, 0.1) is 0 Å². The van der Waals surface area contributed by atoms with Crippen LogP contribution in [0.25, 0.3) is 0 Å². The van der Waals surface area contributed by atoms with Crippen LogP contribution in [-0.4, -0.2) is 22.3 Å². The molecule has 0 saturated carbocycles. The number of hydrogen-bond donors (Lipinski definition) is 1. The monoisotopic (exact) mass is 479 g/mol. The Morgan fingerprint density at radius 1 is 1.05 bits per heavy atom.